The van der Waals surface area contributed by atoms with E-state index in [1.165, 1.54) is 12.3 Å². The van der Waals surface area contributed by atoms with E-state index in [2.05, 4.69) is 10.5 Å². The largest absolute Gasteiger partial charge is 0.490 e. The first-order chi connectivity index (χ1) is 17.7. The standard InChI is InChI=1S/C25H24N4O8/c1-4-35-24-12-18(14-26-27-25(30)15-36-20-8-5-16(2)17(3)11-20)6-9-23(24)37-22-10-7-19(28(31)32)13-21(22)29(33)34/h5-14H,4,15H2,1-3H3,(H,27,30)/b26-14-. The molecule has 0 saturated heterocycles. The number of aryl methyl sites for hydroxylation is 2. The van der Waals surface area contributed by atoms with Gasteiger partial charge in [-0.1, -0.05) is 6.07 Å². The van der Waals surface area contributed by atoms with Crippen LogP contribution in [0.4, 0.5) is 11.4 Å². The van der Waals surface area contributed by atoms with E-state index in [4.69, 9.17) is 14.2 Å². The molecule has 3 aromatic rings. The van der Waals surface area contributed by atoms with Crippen molar-refractivity contribution in [3.05, 3.63) is 91.5 Å². The fourth-order valence-corrected chi connectivity index (χ4v) is 3.09. The Balaban J connectivity index is 1.68. The molecule has 3 aromatic carbocycles. The van der Waals surface area contributed by atoms with E-state index >= 15 is 0 Å². The van der Waals surface area contributed by atoms with Crippen LogP contribution in [0.3, 0.4) is 0 Å². The molecular formula is C25H24N4O8. The van der Waals surface area contributed by atoms with Gasteiger partial charge in [0.1, 0.15) is 5.75 Å². The average molecular weight is 508 g/mol. The van der Waals surface area contributed by atoms with Gasteiger partial charge in [-0.05, 0) is 73.9 Å². The van der Waals surface area contributed by atoms with Gasteiger partial charge < -0.3 is 14.2 Å². The zero-order chi connectivity index (χ0) is 26.9. The van der Waals surface area contributed by atoms with Crippen LogP contribution >= 0.6 is 0 Å². The van der Waals surface area contributed by atoms with Crippen molar-refractivity contribution in [2.75, 3.05) is 13.2 Å². The fraction of sp³-hybridized carbons (Fsp3) is 0.200. The summed E-state index contributed by atoms with van der Waals surface area (Å²) in [5.41, 5.74) is 4.09. The Labute approximate surface area is 211 Å². The van der Waals surface area contributed by atoms with Crippen LogP contribution in [-0.2, 0) is 4.79 Å². The lowest BCUT2D eigenvalue weighted by Gasteiger charge is -2.12. The zero-order valence-electron chi connectivity index (χ0n) is 20.3. The lowest BCUT2D eigenvalue weighted by molar-refractivity contribution is -0.394. The Bertz CT molecular complexity index is 1360. The van der Waals surface area contributed by atoms with Gasteiger partial charge in [0, 0.05) is 6.07 Å². The Hall–Kier alpha value is -5.00. The van der Waals surface area contributed by atoms with Gasteiger partial charge in [0.05, 0.1) is 28.7 Å². The van der Waals surface area contributed by atoms with Crippen molar-refractivity contribution >= 4 is 23.5 Å². The van der Waals surface area contributed by atoms with Gasteiger partial charge in [-0.15, -0.1) is 0 Å². The monoisotopic (exact) mass is 508 g/mol. The molecule has 0 heterocycles. The molecule has 0 spiro atoms. The van der Waals surface area contributed by atoms with E-state index in [1.54, 1.807) is 25.1 Å². The Morgan fingerprint density at radius 3 is 2.35 bits per heavy atom. The highest BCUT2D eigenvalue weighted by atomic mass is 16.6. The number of carbonyl (C=O) groups is 1. The number of hydrogen-bond acceptors (Lipinski definition) is 9. The van der Waals surface area contributed by atoms with Gasteiger partial charge >= 0.3 is 5.69 Å². The van der Waals surface area contributed by atoms with Gasteiger partial charge in [0.2, 0.25) is 5.75 Å². The molecule has 0 saturated carbocycles. The third kappa shape index (κ3) is 7.24. The van der Waals surface area contributed by atoms with Gasteiger partial charge in [-0.3, -0.25) is 25.0 Å². The minimum Gasteiger partial charge on any atom is -0.490 e. The van der Waals surface area contributed by atoms with E-state index in [9.17, 15) is 25.0 Å². The molecule has 0 unspecified atom stereocenters. The number of amides is 1. The van der Waals surface area contributed by atoms with Gasteiger partial charge in [-0.25, -0.2) is 5.43 Å². The number of nitro groups is 2. The van der Waals surface area contributed by atoms with Crippen LogP contribution in [0.2, 0.25) is 0 Å². The molecule has 192 valence electrons. The maximum atomic E-state index is 12.0. The number of ether oxygens (including phenoxy) is 3. The first-order valence-electron chi connectivity index (χ1n) is 11.1. The molecule has 0 aromatic heterocycles. The summed E-state index contributed by atoms with van der Waals surface area (Å²) in [6.45, 7) is 5.73. The molecule has 3 rings (SSSR count). The van der Waals surface area contributed by atoms with Crippen molar-refractivity contribution in [1.82, 2.24) is 5.43 Å². The molecular weight excluding hydrogens is 484 g/mol. The topological polar surface area (TPSA) is 155 Å². The van der Waals surface area contributed by atoms with Crippen molar-refractivity contribution < 1.29 is 28.9 Å². The molecule has 37 heavy (non-hydrogen) atoms. The molecule has 0 aliphatic carbocycles. The molecule has 0 aliphatic rings. The molecule has 12 heteroatoms. The number of non-ortho nitro benzene ring substituents is 1. The number of hydrazone groups is 1. The van der Waals surface area contributed by atoms with Crippen LogP contribution < -0.4 is 19.6 Å². The van der Waals surface area contributed by atoms with Crippen molar-refractivity contribution in [1.29, 1.82) is 0 Å². The van der Waals surface area contributed by atoms with Gasteiger partial charge in [-0.2, -0.15) is 5.10 Å². The smallest absolute Gasteiger partial charge is 0.318 e. The number of nitrogens with one attached hydrogen (secondary N) is 1. The van der Waals surface area contributed by atoms with Gasteiger partial charge in [0.25, 0.3) is 11.6 Å². The third-order valence-electron chi connectivity index (χ3n) is 5.09. The highest BCUT2D eigenvalue weighted by Gasteiger charge is 2.22. The van der Waals surface area contributed by atoms with Crippen LogP contribution in [0.15, 0.2) is 59.7 Å². The van der Waals surface area contributed by atoms with Crippen molar-refractivity contribution in [3.8, 4) is 23.0 Å². The molecule has 0 bridgehead atoms. The predicted molar refractivity (Wildman–Crippen MR) is 135 cm³/mol. The lowest BCUT2D eigenvalue weighted by atomic mass is 10.1. The van der Waals surface area contributed by atoms with E-state index < -0.39 is 27.1 Å². The SMILES string of the molecule is CCOc1cc(/C=N\NC(=O)COc2ccc(C)c(C)c2)ccc1Oc1ccc([N+](=O)[O-])cc1[N+](=O)[O-]. The average Bonchev–Trinajstić information content (AvgIpc) is 2.86. The number of nitrogens with zero attached hydrogens (tertiary/aromatic N) is 3. The first kappa shape index (κ1) is 26.6. The summed E-state index contributed by atoms with van der Waals surface area (Å²) in [6, 6.07) is 13.3. The number of hydrogen-bond donors (Lipinski definition) is 1. The second-order valence-electron chi connectivity index (χ2n) is 7.74. The Morgan fingerprint density at radius 2 is 1.68 bits per heavy atom. The van der Waals surface area contributed by atoms with E-state index in [1.807, 2.05) is 26.0 Å². The lowest BCUT2D eigenvalue weighted by Crippen LogP contribution is -2.24. The predicted octanol–water partition coefficient (Wildman–Crippen LogP) is 4.84. The van der Waals surface area contributed by atoms with E-state index in [0.717, 1.165) is 29.3 Å². The van der Waals surface area contributed by atoms with Crippen molar-refractivity contribution in [2.45, 2.75) is 20.8 Å². The minimum absolute atomic E-state index is 0.154. The van der Waals surface area contributed by atoms with Crippen LogP contribution in [-0.4, -0.2) is 35.2 Å². The maximum Gasteiger partial charge on any atom is 0.318 e. The summed E-state index contributed by atoms with van der Waals surface area (Å²) >= 11 is 0. The first-order valence-corrected chi connectivity index (χ1v) is 11.1. The van der Waals surface area contributed by atoms with E-state index in [0.29, 0.717) is 11.3 Å². The van der Waals surface area contributed by atoms with Crippen LogP contribution in [0, 0.1) is 34.1 Å². The third-order valence-corrected chi connectivity index (χ3v) is 5.09. The zero-order valence-corrected chi connectivity index (χ0v) is 20.3. The molecule has 12 nitrogen and oxygen atoms in total. The number of nitro benzene ring substituents is 2. The summed E-state index contributed by atoms with van der Waals surface area (Å²) < 4.78 is 16.7. The summed E-state index contributed by atoms with van der Waals surface area (Å²) in [5, 5.41) is 26.3. The molecule has 0 atom stereocenters. The number of benzene rings is 3. The Kier molecular flexibility index (Phi) is 8.71. The van der Waals surface area contributed by atoms with Crippen LogP contribution in [0.5, 0.6) is 23.0 Å². The second-order valence-corrected chi connectivity index (χ2v) is 7.74. The molecule has 0 fully saturated rings. The van der Waals surface area contributed by atoms with E-state index in [-0.39, 0.29) is 30.5 Å². The van der Waals surface area contributed by atoms with Crippen LogP contribution in [0.1, 0.15) is 23.6 Å². The summed E-state index contributed by atoms with van der Waals surface area (Å²) in [5.74, 6) is 0.344. The molecule has 0 aliphatic heterocycles. The summed E-state index contributed by atoms with van der Waals surface area (Å²) in [6.07, 6.45) is 1.38. The number of carbonyl (C=O) groups excluding carboxylic acids is 1. The molecule has 0 radical (unpaired) electrons. The highest BCUT2D eigenvalue weighted by Crippen LogP contribution is 2.38. The van der Waals surface area contributed by atoms with Crippen LogP contribution in [0.25, 0.3) is 0 Å². The maximum absolute atomic E-state index is 12.0. The van der Waals surface area contributed by atoms with Gasteiger partial charge in [0.15, 0.2) is 18.1 Å². The van der Waals surface area contributed by atoms with Crippen molar-refractivity contribution in [2.24, 2.45) is 5.10 Å². The van der Waals surface area contributed by atoms with Crippen molar-refractivity contribution in [3.63, 3.8) is 0 Å². The number of rotatable bonds is 11. The quantitative estimate of drug-likeness (QED) is 0.219. The Morgan fingerprint density at radius 1 is 0.919 bits per heavy atom. The normalized spacial score (nSPS) is 10.7. The highest BCUT2D eigenvalue weighted by molar-refractivity contribution is 5.83. The molecule has 1 N–H and O–H groups in total. The summed E-state index contributed by atoms with van der Waals surface area (Å²) in [7, 11) is 0. The molecule has 1 amide bonds. The fourth-order valence-electron chi connectivity index (χ4n) is 3.09. The minimum atomic E-state index is -0.768. The summed E-state index contributed by atoms with van der Waals surface area (Å²) in [4.78, 5) is 32.9. The second kappa shape index (κ2) is 12.1.